The topological polar surface area (TPSA) is 67.2 Å². The highest BCUT2D eigenvalue weighted by molar-refractivity contribution is 7.07. The van der Waals surface area contributed by atoms with E-state index in [1.807, 2.05) is 46.6 Å². The maximum absolute atomic E-state index is 12.4. The lowest BCUT2D eigenvalue weighted by atomic mass is 10.0. The Bertz CT molecular complexity index is 785. The SMILES string of the molecule is O=C(NCC(CO)Cc1ccsc1)c1cccc(Cn2cccn2)c1. The van der Waals surface area contributed by atoms with Crippen LogP contribution in [0.1, 0.15) is 21.5 Å². The van der Waals surface area contributed by atoms with Gasteiger partial charge in [0.25, 0.3) is 5.91 Å². The molecule has 5 nitrogen and oxygen atoms in total. The number of aliphatic hydroxyl groups excluding tert-OH is 1. The average molecular weight is 355 g/mol. The predicted molar refractivity (Wildman–Crippen MR) is 98.7 cm³/mol. The number of nitrogens with zero attached hydrogens (tertiary/aromatic N) is 2. The smallest absolute Gasteiger partial charge is 0.251 e. The third kappa shape index (κ3) is 5.01. The van der Waals surface area contributed by atoms with Crippen molar-refractivity contribution in [2.45, 2.75) is 13.0 Å². The van der Waals surface area contributed by atoms with Crippen LogP contribution in [0.15, 0.2) is 59.6 Å². The molecule has 25 heavy (non-hydrogen) atoms. The lowest BCUT2D eigenvalue weighted by Crippen LogP contribution is -2.31. The summed E-state index contributed by atoms with van der Waals surface area (Å²) in [6, 6.07) is 11.5. The normalized spacial score (nSPS) is 12.0. The Morgan fingerprint density at radius 3 is 2.92 bits per heavy atom. The second kappa shape index (κ2) is 8.60. The van der Waals surface area contributed by atoms with Gasteiger partial charge in [-0.3, -0.25) is 9.48 Å². The Hall–Kier alpha value is -2.44. The van der Waals surface area contributed by atoms with E-state index in [4.69, 9.17) is 0 Å². The third-order valence-electron chi connectivity index (χ3n) is 4.01. The van der Waals surface area contributed by atoms with Gasteiger partial charge >= 0.3 is 0 Å². The molecule has 1 amide bonds. The van der Waals surface area contributed by atoms with Crippen molar-refractivity contribution in [3.05, 3.63) is 76.2 Å². The van der Waals surface area contributed by atoms with Crippen molar-refractivity contribution in [3.8, 4) is 0 Å². The minimum atomic E-state index is -0.119. The average Bonchev–Trinajstić information content (AvgIpc) is 3.32. The Morgan fingerprint density at radius 2 is 2.20 bits per heavy atom. The van der Waals surface area contributed by atoms with Crippen LogP contribution in [0.3, 0.4) is 0 Å². The first-order chi connectivity index (χ1) is 12.2. The number of benzene rings is 1. The number of aromatic nitrogens is 2. The predicted octanol–water partition coefficient (Wildman–Crippen LogP) is 2.57. The number of carbonyl (C=O) groups excluding carboxylic acids is 1. The highest BCUT2D eigenvalue weighted by Crippen LogP contribution is 2.12. The highest BCUT2D eigenvalue weighted by Gasteiger charge is 2.12. The first kappa shape index (κ1) is 17.4. The number of thiophene rings is 1. The van der Waals surface area contributed by atoms with Crippen molar-refractivity contribution in [1.82, 2.24) is 15.1 Å². The molecule has 0 radical (unpaired) electrons. The van der Waals surface area contributed by atoms with Gasteiger partial charge in [0.2, 0.25) is 0 Å². The summed E-state index contributed by atoms with van der Waals surface area (Å²) in [6.45, 7) is 1.13. The number of nitrogens with one attached hydrogen (secondary N) is 1. The van der Waals surface area contributed by atoms with Crippen LogP contribution in [0.2, 0.25) is 0 Å². The van der Waals surface area contributed by atoms with Gasteiger partial charge in [-0.2, -0.15) is 16.4 Å². The molecule has 3 rings (SSSR count). The van der Waals surface area contributed by atoms with Crippen LogP contribution < -0.4 is 5.32 Å². The van der Waals surface area contributed by atoms with E-state index in [0.29, 0.717) is 18.7 Å². The summed E-state index contributed by atoms with van der Waals surface area (Å²) in [7, 11) is 0. The lowest BCUT2D eigenvalue weighted by Gasteiger charge is -2.14. The van der Waals surface area contributed by atoms with E-state index < -0.39 is 0 Å². The Morgan fingerprint density at radius 1 is 1.28 bits per heavy atom. The Balaban J connectivity index is 1.57. The maximum Gasteiger partial charge on any atom is 0.251 e. The van der Waals surface area contributed by atoms with Crippen LogP contribution in [-0.4, -0.2) is 33.9 Å². The minimum absolute atomic E-state index is 0.0193. The molecule has 130 valence electrons. The van der Waals surface area contributed by atoms with E-state index in [2.05, 4.69) is 15.8 Å². The van der Waals surface area contributed by atoms with Gasteiger partial charge in [-0.25, -0.2) is 0 Å². The number of carbonyl (C=O) groups is 1. The first-order valence-electron chi connectivity index (χ1n) is 8.21. The van der Waals surface area contributed by atoms with Crippen LogP contribution in [0.25, 0.3) is 0 Å². The summed E-state index contributed by atoms with van der Waals surface area (Å²) in [6.07, 6.45) is 4.39. The summed E-state index contributed by atoms with van der Waals surface area (Å²) < 4.78 is 1.82. The molecule has 1 atom stereocenters. The number of aliphatic hydroxyl groups is 1. The fourth-order valence-corrected chi connectivity index (χ4v) is 3.36. The molecular weight excluding hydrogens is 334 g/mol. The van der Waals surface area contributed by atoms with Gasteiger partial charge in [0.1, 0.15) is 0 Å². The van der Waals surface area contributed by atoms with Crippen molar-refractivity contribution in [3.63, 3.8) is 0 Å². The van der Waals surface area contributed by atoms with E-state index in [1.165, 1.54) is 5.56 Å². The molecule has 0 aliphatic rings. The van der Waals surface area contributed by atoms with Crippen molar-refractivity contribution >= 4 is 17.2 Å². The Kier molecular flexibility index (Phi) is 5.98. The summed E-state index contributed by atoms with van der Waals surface area (Å²) in [5.74, 6) is -0.100. The van der Waals surface area contributed by atoms with Gasteiger partial charge in [0.05, 0.1) is 6.54 Å². The van der Waals surface area contributed by atoms with Crippen molar-refractivity contribution in [2.75, 3.05) is 13.2 Å². The summed E-state index contributed by atoms with van der Waals surface area (Å²) >= 11 is 1.64. The fraction of sp³-hybridized carbons (Fsp3) is 0.263. The van der Waals surface area contributed by atoms with Crippen LogP contribution in [0.4, 0.5) is 0 Å². The second-order valence-electron chi connectivity index (χ2n) is 6.00. The van der Waals surface area contributed by atoms with Gasteiger partial charge in [-0.15, -0.1) is 0 Å². The Labute approximate surface area is 150 Å². The molecule has 0 spiro atoms. The molecule has 1 unspecified atom stereocenters. The largest absolute Gasteiger partial charge is 0.396 e. The molecule has 2 aromatic heterocycles. The summed E-state index contributed by atoms with van der Waals surface area (Å²) in [5.41, 5.74) is 2.84. The number of hydrogen-bond acceptors (Lipinski definition) is 4. The van der Waals surface area contributed by atoms with E-state index >= 15 is 0 Å². The molecule has 0 fully saturated rings. The van der Waals surface area contributed by atoms with Crippen LogP contribution in [0.5, 0.6) is 0 Å². The van der Waals surface area contributed by atoms with Gasteiger partial charge < -0.3 is 10.4 Å². The van der Waals surface area contributed by atoms with E-state index in [-0.39, 0.29) is 18.4 Å². The van der Waals surface area contributed by atoms with Crippen LogP contribution >= 0.6 is 11.3 Å². The third-order valence-corrected chi connectivity index (χ3v) is 4.74. The summed E-state index contributed by atoms with van der Waals surface area (Å²) in [4.78, 5) is 12.4. The molecule has 0 saturated carbocycles. The quantitative estimate of drug-likeness (QED) is 0.653. The van der Waals surface area contributed by atoms with Crippen molar-refractivity contribution in [2.24, 2.45) is 5.92 Å². The van der Waals surface area contributed by atoms with Gasteiger partial charge in [0.15, 0.2) is 0 Å². The molecule has 2 N–H and O–H groups in total. The minimum Gasteiger partial charge on any atom is -0.396 e. The highest BCUT2D eigenvalue weighted by atomic mass is 32.1. The number of rotatable bonds is 8. The van der Waals surface area contributed by atoms with E-state index in [0.717, 1.165) is 12.0 Å². The monoisotopic (exact) mass is 355 g/mol. The molecule has 1 aromatic carbocycles. The summed E-state index contributed by atoms with van der Waals surface area (Å²) in [5, 5.41) is 20.7. The number of amides is 1. The van der Waals surface area contributed by atoms with Gasteiger partial charge in [0, 0.05) is 37.0 Å². The molecule has 3 aromatic rings. The van der Waals surface area contributed by atoms with Gasteiger partial charge in [-0.05, 0) is 52.6 Å². The van der Waals surface area contributed by atoms with Crippen LogP contribution in [-0.2, 0) is 13.0 Å². The van der Waals surface area contributed by atoms with Gasteiger partial charge in [-0.1, -0.05) is 12.1 Å². The zero-order chi connectivity index (χ0) is 17.5. The molecule has 0 aliphatic heterocycles. The first-order valence-corrected chi connectivity index (χ1v) is 9.15. The molecular formula is C19H21N3O2S. The standard InChI is InChI=1S/C19H21N3O2S/c23-13-17(9-16-5-8-25-14-16)11-20-19(24)18-4-1-3-15(10-18)12-22-7-2-6-21-22/h1-8,10,14,17,23H,9,11-13H2,(H,20,24). The maximum atomic E-state index is 12.4. The second-order valence-corrected chi connectivity index (χ2v) is 6.78. The molecule has 0 aliphatic carbocycles. The fourth-order valence-electron chi connectivity index (χ4n) is 2.67. The van der Waals surface area contributed by atoms with E-state index in [9.17, 15) is 9.90 Å². The molecule has 2 heterocycles. The number of hydrogen-bond donors (Lipinski definition) is 2. The zero-order valence-corrected chi connectivity index (χ0v) is 14.7. The van der Waals surface area contributed by atoms with E-state index in [1.54, 1.807) is 23.6 Å². The van der Waals surface area contributed by atoms with Crippen molar-refractivity contribution < 1.29 is 9.90 Å². The molecule has 0 bridgehead atoms. The van der Waals surface area contributed by atoms with Crippen LogP contribution in [0, 0.1) is 5.92 Å². The molecule has 6 heteroatoms. The lowest BCUT2D eigenvalue weighted by molar-refractivity contribution is 0.0940. The molecule has 0 saturated heterocycles. The zero-order valence-electron chi connectivity index (χ0n) is 13.8. The van der Waals surface area contributed by atoms with Crippen molar-refractivity contribution in [1.29, 1.82) is 0 Å².